The quantitative estimate of drug-likeness (QED) is 0.812. The predicted octanol–water partition coefficient (Wildman–Crippen LogP) is 2.05. The third kappa shape index (κ3) is 3.45. The Morgan fingerprint density at radius 3 is 2.47 bits per heavy atom. The van der Waals surface area contributed by atoms with Gasteiger partial charge in [-0.2, -0.15) is 0 Å². The zero-order valence-corrected chi connectivity index (χ0v) is 10.5. The maximum Gasteiger partial charge on any atom is 0.159 e. The van der Waals surface area contributed by atoms with Crippen molar-refractivity contribution in [2.45, 2.75) is 0 Å². The Balaban J connectivity index is 2.11. The summed E-state index contributed by atoms with van der Waals surface area (Å²) in [4.78, 5) is 0. The van der Waals surface area contributed by atoms with Gasteiger partial charge in [0.2, 0.25) is 0 Å². The molecule has 2 aromatic rings. The lowest BCUT2D eigenvalue weighted by molar-refractivity contribution is 0.509. The van der Waals surface area contributed by atoms with Crippen LogP contribution in [0.15, 0.2) is 30.3 Å². The second-order valence-electron chi connectivity index (χ2n) is 3.96. The molecule has 0 bridgehead atoms. The van der Waals surface area contributed by atoms with E-state index in [2.05, 4.69) is 20.8 Å². The highest BCUT2D eigenvalue weighted by Crippen LogP contribution is 2.19. The Morgan fingerprint density at radius 2 is 1.84 bits per heavy atom. The van der Waals surface area contributed by atoms with Gasteiger partial charge in [-0.05, 0) is 37.4 Å². The van der Waals surface area contributed by atoms with E-state index in [1.165, 1.54) is 6.07 Å². The molecule has 0 atom stereocenters. The lowest BCUT2D eigenvalue weighted by Gasteiger charge is -2.05. The topological polar surface area (TPSA) is 49.8 Å². The Hall–Kier alpha value is -2.08. The first-order valence-electron chi connectivity index (χ1n) is 5.88. The van der Waals surface area contributed by atoms with Crippen molar-refractivity contribution in [2.75, 3.05) is 25.5 Å². The Morgan fingerprint density at radius 1 is 1.00 bits per heavy atom. The van der Waals surface area contributed by atoms with Gasteiger partial charge in [-0.15, -0.1) is 10.2 Å². The van der Waals surface area contributed by atoms with Crippen LogP contribution in [-0.2, 0) is 0 Å². The molecule has 0 amide bonds. The van der Waals surface area contributed by atoms with Crippen LogP contribution in [0.4, 0.5) is 14.6 Å². The lowest BCUT2D eigenvalue weighted by atomic mass is 10.1. The van der Waals surface area contributed by atoms with Gasteiger partial charge in [0.25, 0.3) is 0 Å². The van der Waals surface area contributed by atoms with Gasteiger partial charge in [-0.1, -0.05) is 0 Å². The molecule has 4 nitrogen and oxygen atoms in total. The largest absolute Gasteiger partial charge is 0.367 e. The van der Waals surface area contributed by atoms with Crippen molar-refractivity contribution in [3.8, 4) is 11.3 Å². The minimum absolute atomic E-state index is 0.494. The van der Waals surface area contributed by atoms with Gasteiger partial charge in [0.05, 0.1) is 5.69 Å². The first-order chi connectivity index (χ1) is 9.20. The van der Waals surface area contributed by atoms with Gasteiger partial charge in [0, 0.05) is 18.7 Å². The van der Waals surface area contributed by atoms with Crippen LogP contribution in [0.3, 0.4) is 0 Å². The second kappa shape index (κ2) is 6.19. The van der Waals surface area contributed by atoms with E-state index in [1.807, 2.05) is 7.05 Å². The van der Waals surface area contributed by atoms with E-state index in [0.717, 1.165) is 25.2 Å². The van der Waals surface area contributed by atoms with Gasteiger partial charge in [-0.25, -0.2) is 8.78 Å². The molecule has 0 spiro atoms. The molecule has 1 heterocycles. The van der Waals surface area contributed by atoms with Crippen molar-refractivity contribution in [1.29, 1.82) is 0 Å². The van der Waals surface area contributed by atoms with Gasteiger partial charge in [-0.3, -0.25) is 0 Å². The second-order valence-corrected chi connectivity index (χ2v) is 3.96. The number of hydrogen-bond acceptors (Lipinski definition) is 4. The summed E-state index contributed by atoms with van der Waals surface area (Å²) in [5.74, 6) is -1.13. The Bertz CT molecular complexity index is 543. The molecule has 0 fully saturated rings. The molecule has 100 valence electrons. The molecule has 2 rings (SSSR count). The molecule has 0 aliphatic carbocycles. The maximum atomic E-state index is 13.1. The number of anilines is 1. The average molecular weight is 264 g/mol. The highest BCUT2D eigenvalue weighted by Gasteiger charge is 2.06. The van der Waals surface area contributed by atoms with E-state index in [1.54, 1.807) is 12.1 Å². The fraction of sp³-hybridized carbons (Fsp3) is 0.231. The van der Waals surface area contributed by atoms with Crippen molar-refractivity contribution in [3.63, 3.8) is 0 Å². The van der Waals surface area contributed by atoms with Crippen LogP contribution in [0.25, 0.3) is 11.3 Å². The number of halogens is 2. The summed E-state index contributed by atoms with van der Waals surface area (Å²) in [6, 6.07) is 7.11. The van der Waals surface area contributed by atoms with Crippen LogP contribution in [0.5, 0.6) is 0 Å². The molecule has 1 aromatic heterocycles. The van der Waals surface area contributed by atoms with Crippen LogP contribution in [-0.4, -0.2) is 30.3 Å². The van der Waals surface area contributed by atoms with Crippen molar-refractivity contribution in [1.82, 2.24) is 15.5 Å². The number of likely N-dealkylation sites (N-methyl/N-ethyl adjacent to an activating group) is 1. The predicted molar refractivity (Wildman–Crippen MR) is 69.8 cm³/mol. The van der Waals surface area contributed by atoms with Gasteiger partial charge in [0.1, 0.15) is 5.82 Å². The van der Waals surface area contributed by atoms with Gasteiger partial charge in [0.15, 0.2) is 11.6 Å². The third-order valence-electron chi connectivity index (χ3n) is 2.56. The minimum Gasteiger partial charge on any atom is -0.367 e. The number of rotatable bonds is 5. The molecule has 0 saturated heterocycles. The summed E-state index contributed by atoms with van der Waals surface area (Å²) >= 11 is 0. The van der Waals surface area contributed by atoms with E-state index in [4.69, 9.17) is 0 Å². The summed E-state index contributed by atoms with van der Waals surface area (Å²) in [6.07, 6.45) is 0. The molecule has 0 aliphatic rings. The standard InChI is InChI=1S/C13H14F2N4/c1-16-6-7-17-13-5-4-12(18-19-13)9-2-3-10(14)11(15)8-9/h2-5,8,16H,6-7H2,1H3,(H,17,19). The fourth-order valence-corrected chi connectivity index (χ4v) is 1.55. The molecule has 6 heteroatoms. The highest BCUT2D eigenvalue weighted by atomic mass is 19.2. The smallest absolute Gasteiger partial charge is 0.159 e. The Labute approximate surface area is 109 Å². The lowest BCUT2D eigenvalue weighted by Crippen LogP contribution is -2.18. The van der Waals surface area contributed by atoms with Crippen molar-refractivity contribution < 1.29 is 8.78 Å². The van der Waals surface area contributed by atoms with E-state index in [9.17, 15) is 8.78 Å². The normalized spacial score (nSPS) is 10.5. The van der Waals surface area contributed by atoms with Crippen LogP contribution in [0, 0.1) is 11.6 Å². The first-order valence-corrected chi connectivity index (χ1v) is 5.88. The molecule has 0 saturated carbocycles. The number of hydrogen-bond donors (Lipinski definition) is 2. The number of benzene rings is 1. The van der Waals surface area contributed by atoms with Gasteiger partial charge >= 0.3 is 0 Å². The molecule has 19 heavy (non-hydrogen) atoms. The number of nitrogens with zero attached hydrogens (tertiary/aromatic N) is 2. The zero-order chi connectivity index (χ0) is 13.7. The van der Waals surface area contributed by atoms with Crippen LogP contribution in [0.2, 0.25) is 0 Å². The summed E-state index contributed by atoms with van der Waals surface area (Å²) < 4.78 is 25.9. The SMILES string of the molecule is CNCCNc1ccc(-c2ccc(F)c(F)c2)nn1. The monoisotopic (exact) mass is 264 g/mol. The van der Waals surface area contributed by atoms with Crippen LogP contribution >= 0.6 is 0 Å². The average Bonchev–Trinajstić information content (AvgIpc) is 2.43. The van der Waals surface area contributed by atoms with Crippen molar-refractivity contribution >= 4 is 5.82 Å². The first kappa shape index (κ1) is 13.4. The summed E-state index contributed by atoms with van der Waals surface area (Å²) in [7, 11) is 1.86. The molecule has 0 aliphatic heterocycles. The molecule has 0 radical (unpaired) electrons. The highest BCUT2D eigenvalue weighted by molar-refractivity contribution is 5.59. The Kier molecular flexibility index (Phi) is 4.35. The minimum atomic E-state index is -0.893. The number of nitrogens with one attached hydrogen (secondary N) is 2. The molecule has 2 N–H and O–H groups in total. The van der Waals surface area contributed by atoms with Crippen LogP contribution in [0.1, 0.15) is 0 Å². The number of aromatic nitrogens is 2. The van der Waals surface area contributed by atoms with E-state index in [-0.39, 0.29) is 0 Å². The molecule has 1 aromatic carbocycles. The molecule has 0 unspecified atom stereocenters. The van der Waals surface area contributed by atoms with Crippen molar-refractivity contribution in [2.24, 2.45) is 0 Å². The van der Waals surface area contributed by atoms with Gasteiger partial charge < -0.3 is 10.6 Å². The summed E-state index contributed by atoms with van der Waals surface area (Å²) in [6.45, 7) is 1.54. The third-order valence-corrected chi connectivity index (χ3v) is 2.56. The van der Waals surface area contributed by atoms with E-state index in [0.29, 0.717) is 17.1 Å². The summed E-state index contributed by atoms with van der Waals surface area (Å²) in [5.41, 5.74) is 0.992. The molecular weight excluding hydrogens is 250 g/mol. The summed E-state index contributed by atoms with van der Waals surface area (Å²) in [5, 5.41) is 14.0. The van der Waals surface area contributed by atoms with E-state index >= 15 is 0 Å². The molecular formula is C13H14F2N4. The maximum absolute atomic E-state index is 13.1. The van der Waals surface area contributed by atoms with E-state index < -0.39 is 11.6 Å². The fourth-order valence-electron chi connectivity index (χ4n) is 1.55. The van der Waals surface area contributed by atoms with Crippen molar-refractivity contribution in [3.05, 3.63) is 42.0 Å². The zero-order valence-electron chi connectivity index (χ0n) is 10.5. The van der Waals surface area contributed by atoms with Crippen LogP contribution < -0.4 is 10.6 Å².